The first-order valence-electron chi connectivity index (χ1n) is 6.64. The summed E-state index contributed by atoms with van der Waals surface area (Å²) >= 11 is 0. The van der Waals surface area contributed by atoms with Crippen LogP contribution in [-0.4, -0.2) is 48.5 Å². The number of amides is 1. The SMILES string of the molecule is O=C(COc1c(F)cccc1[N+](=O)[O-])N1CCCNCC1. The van der Waals surface area contributed by atoms with Gasteiger partial charge < -0.3 is 15.0 Å². The first kappa shape index (κ1) is 15.2. The topological polar surface area (TPSA) is 84.7 Å². The maximum atomic E-state index is 13.6. The molecule has 0 unspecified atom stereocenters. The summed E-state index contributed by atoms with van der Waals surface area (Å²) in [6, 6.07) is 3.42. The van der Waals surface area contributed by atoms with Crippen LogP contribution in [0.1, 0.15) is 6.42 Å². The van der Waals surface area contributed by atoms with E-state index < -0.39 is 28.8 Å². The normalized spacial score (nSPS) is 15.4. The van der Waals surface area contributed by atoms with Crippen molar-refractivity contribution in [2.24, 2.45) is 0 Å². The number of nitrogens with one attached hydrogen (secondary N) is 1. The van der Waals surface area contributed by atoms with Gasteiger partial charge in [-0.05, 0) is 19.0 Å². The fourth-order valence-electron chi connectivity index (χ4n) is 2.10. The van der Waals surface area contributed by atoms with Crippen LogP contribution < -0.4 is 10.1 Å². The molecule has 2 rings (SSSR count). The van der Waals surface area contributed by atoms with Crippen LogP contribution >= 0.6 is 0 Å². The van der Waals surface area contributed by atoms with Crippen molar-refractivity contribution < 1.29 is 18.8 Å². The van der Waals surface area contributed by atoms with Gasteiger partial charge in [0.1, 0.15) is 0 Å². The molecule has 0 bridgehead atoms. The molecule has 21 heavy (non-hydrogen) atoms. The fraction of sp³-hybridized carbons (Fsp3) is 0.462. The molecule has 1 saturated heterocycles. The Morgan fingerprint density at radius 3 is 3.00 bits per heavy atom. The fourth-order valence-corrected chi connectivity index (χ4v) is 2.10. The first-order valence-corrected chi connectivity index (χ1v) is 6.64. The molecule has 1 N–H and O–H groups in total. The smallest absolute Gasteiger partial charge is 0.314 e. The van der Waals surface area contributed by atoms with Crippen molar-refractivity contribution in [1.82, 2.24) is 10.2 Å². The molecular formula is C13H16FN3O4. The first-order chi connectivity index (χ1) is 10.1. The third-order valence-corrected chi connectivity index (χ3v) is 3.18. The number of hydrogen-bond acceptors (Lipinski definition) is 5. The molecule has 1 heterocycles. The number of nitro benzene ring substituents is 1. The Kier molecular flexibility index (Phi) is 5.04. The van der Waals surface area contributed by atoms with Gasteiger partial charge in [-0.3, -0.25) is 14.9 Å². The molecule has 0 aliphatic carbocycles. The predicted octanol–water partition coefficient (Wildman–Crippen LogP) is 0.935. The van der Waals surface area contributed by atoms with Crippen molar-refractivity contribution >= 4 is 11.6 Å². The van der Waals surface area contributed by atoms with Crippen molar-refractivity contribution in [3.05, 3.63) is 34.1 Å². The molecule has 1 aliphatic heterocycles. The standard InChI is InChI=1S/C13H16FN3O4/c14-10-3-1-4-11(17(19)20)13(10)21-9-12(18)16-7-2-5-15-6-8-16/h1,3-4,15H,2,5-9H2. The van der Waals surface area contributed by atoms with Gasteiger partial charge >= 0.3 is 5.69 Å². The number of carbonyl (C=O) groups is 1. The molecular weight excluding hydrogens is 281 g/mol. The van der Waals surface area contributed by atoms with Crippen LogP contribution in [0.3, 0.4) is 0 Å². The number of nitro groups is 1. The highest BCUT2D eigenvalue weighted by Crippen LogP contribution is 2.29. The summed E-state index contributed by atoms with van der Waals surface area (Å²) in [6.07, 6.45) is 0.825. The number of hydrogen-bond donors (Lipinski definition) is 1. The Hall–Kier alpha value is -2.22. The summed E-state index contributed by atoms with van der Waals surface area (Å²) in [6.45, 7) is 2.24. The average molecular weight is 297 g/mol. The minimum atomic E-state index is -0.852. The third-order valence-electron chi connectivity index (χ3n) is 3.18. The minimum absolute atomic E-state index is 0.309. The van der Waals surface area contributed by atoms with Gasteiger partial charge in [0.05, 0.1) is 4.92 Å². The van der Waals surface area contributed by atoms with Gasteiger partial charge in [0, 0.05) is 25.7 Å². The number of benzene rings is 1. The van der Waals surface area contributed by atoms with Crippen molar-refractivity contribution in [2.45, 2.75) is 6.42 Å². The maximum absolute atomic E-state index is 13.6. The van der Waals surface area contributed by atoms with Gasteiger partial charge in [-0.15, -0.1) is 0 Å². The maximum Gasteiger partial charge on any atom is 0.314 e. The lowest BCUT2D eigenvalue weighted by atomic mass is 10.3. The molecule has 1 amide bonds. The van der Waals surface area contributed by atoms with E-state index in [2.05, 4.69) is 5.32 Å². The molecule has 1 aromatic rings. The lowest BCUT2D eigenvalue weighted by Crippen LogP contribution is -2.37. The second-order valence-electron chi connectivity index (χ2n) is 4.62. The van der Waals surface area contributed by atoms with Crippen LogP contribution in [0.15, 0.2) is 18.2 Å². The molecule has 0 atom stereocenters. The summed E-state index contributed by atoms with van der Waals surface area (Å²) in [5.74, 6) is -1.66. The Labute approximate surface area is 120 Å². The quantitative estimate of drug-likeness (QED) is 0.660. The van der Waals surface area contributed by atoms with Crippen molar-refractivity contribution in [3.63, 3.8) is 0 Å². The van der Waals surface area contributed by atoms with Gasteiger partial charge in [0.25, 0.3) is 5.91 Å². The molecule has 114 valence electrons. The highest BCUT2D eigenvalue weighted by atomic mass is 19.1. The zero-order valence-corrected chi connectivity index (χ0v) is 11.4. The summed E-state index contributed by atoms with van der Waals surface area (Å²) in [4.78, 5) is 23.7. The van der Waals surface area contributed by atoms with Crippen molar-refractivity contribution in [3.8, 4) is 5.75 Å². The molecule has 0 spiro atoms. The van der Waals surface area contributed by atoms with E-state index in [9.17, 15) is 19.3 Å². The van der Waals surface area contributed by atoms with E-state index >= 15 is 0 Å². The van der Waals surface area contributed by atoms with E-state index in [1.54, 1.807) is 4.90 Å². The third kappa shape index (κ3) is 3.88. The number of carbonyl (C=O) groups excluding carboxylic acids is 1. The van der Waals surface area contributed by atoms with Crippen LogP contribution in [0.5, 0.6) is 5.75 Å². The van der Waals surface area contributed by atoms with E-state index in [-0.39, 0.29) is 5.91 Å². The van der Waals surface area contributed by atoms with E-state index in [1.165, 1.54) is 6.07 Å². The summed E-state index contributed by atoms with van der Waals surface area (Å²) in [7, 11) is 0. The van der Waals surface area contributed by atoms with Gasteiger partial charge in [-0.1, -0.05) is 6.07 Å². The summed E-state index contributed by atoms with van der Waals surface area (Å²) in [5.41, 5.74) is -0.486. The second-order valence-corrected chi connectivity index (χ2v) is 4.62. The van der Waals surface area contributed by atoms with Gasteiger partial charge in [-0.25, -0.2) is 4.39 Å². The Morgan fingerprint density at radius 2 is 2.24 bits per heavy atom. The van der Waals surface area contributed by atoms with Gasteiger partial charge in [0.2, 0.25) is 5.75 Å². The van der Waals surface area contributed by atoms with Crippen LogP contribution in [0.2, 0.25) is 0 Å². The minimum Gasteiger partial charge on any atom is -0.475 e. The van der Waals surface area contributed by atoms with Crippen molar-refractivity contribution in [1.29, 1.82) is 0 Å². The predicted molar refractivity (Wildman–Crippen MR) is 72.6 cm³/mol. The van der Waals surface area contributed by atoms with E-state index in [1.807, 2.05) is 0 Å². The molecule has 0 aromatic heterocycles. The van der Waals surface area contributed by atoms with Crippen molar-refractivity contribution in [2.75, 3.05) is 32.8 Å². The van der Waals surface area contributed by atoms with Gasteiger partial charge in [0.15, 0.2) is 12.4 Å². The van der Waals surface area contributed by atoms with E-state index in [0.29, 0.717) is 19.6 Å². The number of para-hydroxylation sites is 1. The summed E-state index contributed by atoms with van der Waals surface area (Å²) < 4.78 is 18.7. The number of ether oxygens (including phenoxy) is 1. The summed E-state index contributed by atoms with van der Waals surface area (Å²) in [5, 5.41) is 14.0. The zero-order valence-electron chi connectivity index (χ0n) is 11.4. The number of halogens is 1. The molecule has 1 aromatic carbocycles. The molecule has 0 radical (unpaired) electrons. The van der Waals surface area contributed by atoms with Gasteiger partial charge in [-0.2, -0.15) is 0 Å². The second kappa shape index (κ2) is 6.98. The number of rotatable bonds is 4. The lowest BCUT2D eigenvalue weighted by molar-refractivity contribution is -0.386. The largest absolute Gasteiger partial charge is 0.475 e. The molecule has 8 heteroatoms. The van der Waals surface area contributed by atoms with E-state index in [0.717, 1.165) is 25.1 Å². The Balaban J connectivity index is 2.02. The van der Waals surface area contributed by atoms with E-state index in [4.69, 9.17) is 4.74 Å². The van der Waals surface area contributed by atoms with Crippen LogP contribution in [-0.2, 0) is 4.79 Å². The van der Waals surface area contributed by atoms with Crippen LogP contribution in [0.25, 0.3) is 0 Å². The highest BCUT2D eigenvalue weighted by Gasteiger charge is 2.22. The monoisotopic (exact) mass is 297 g/mol. The molecule has 1 fully saturated rings. The number of nitrogens with zero attached hydrogens (tertiary/aromatic N) is 2. The average Bonchev–Trinajstić information content (AvgIpc) is 2.74. The molecule has 0 saturated carbocycles. The van der Waals surface area contributed by atoms with Crippen LogP contribution in [0, 0.1) is 15.9 Å². The Morgan fingerprint density at radius 1 is 1.43 bits per heavy atom. The molecule has 7 nitrogen and oxygen atoms in total. The highest BCUT2D eigenvalue weighted by molar-refractivity contribution is 5.78. The molecule has 1 aliphatic rings. The Bertz CT molecular complexity index is 530. The van der Waals surface area contributed by atoms with Crippen LogP contribution in [0.4, 0.5) is 10.1 Å². The lowest BCUT2D eigenvalue weighted by Gasteiger charge is -2.20. The zero-order chi connectivity index (χ0) is 15.2.